The molecule has 0 N–H and O–H groups in total. The molecule has 0 bridgehead atoms. The minimum Gasteiger partial charge on any atom is -0.381 e. The van der Waals surface area contributed by atoms with Gasteiger partial charge in [0.1, 0.15) is 5.52 Å². The molecule has 5 nitrogen and oxygen atoms in total. The van der Waals surface area contributed by atoms with Crippen LogP contribution in [0.4, 0.5) is 5.82 Å². The lowest BCUT2D eigenvalue weighted by Gasteiger charge is -2.39. The Morgan fingerprint density at radius 1 is 1.06 bits per heavy atom. The molecule has 2 fully saturated rings. The molecule has 2 saturated heterocycles. The summed E-state index contributed by atoms with van der Waals surface area (Å²) >= 11 is 10.2. The van der Waals surface area contributed by atoms with Crippen LogP contribution >= 0.6 is 24.2 Å². The predicted molar refractivity (Wildman–Crippen MR) is 138 cm³/mol. The molecular weight excluding hydrogens is 440 g/mol. The smallest absolute Gasteiger partial charge is 0.155 e. The third-order valence-corrected chi connectivity index (χ3v) is 6.96. The van der Waals surface area contributed by atoms with E-state index in [4.69, 9.17) is 21.3 Å². The van der Waals surface area contributed by atoms with Gasteiger partial charge in [0.2, 0.25) is 0 Å². The van der Waals surface area contributed by atoms with Crippen molar-refractivity contribution in [2.75, 3.05) is 37.5 Å². The highest BCUT2D eigenvalue weighted by Gasteiger charge is 2.38. The monoisotopic (exact) mass is 474 g/mol. The summed E-state index contributed by atoms with van der Waals surface area (Å²) < 4.78 is 7.68. The van der Waals surface area contributed by atoms with E-state index in [9.17, 15) is 0 Å². The van der Waals surface area contributed by atoms with Gasteiger partial charge in [0.25, 0.3) is 0 Å². The maximum absolute atomic E-state index is 6.63. The fraction of sp³-hybridized carbons (Fsp3) is 0.520. The number of thiol groups is 1. The Bertz CT molecular complexity index is 1040. The zero-order valence-corrected chi connectivity index (χ0v) is 21.5. The van der Waals surface area contributed by atoms with E-state index in [1.807, 2.05) is 49.7 Å². The third-order valence-electron chi connectivity index (χ3n) is 6.46. The Morgan fingerprint density at radius 3 is 2.44 bits per heavy atom. The number of anilines is 1. The van der Waals surface area contributed by atoms with Crippen molar-refractivity contribution in [3.05, 3.63) is 46.7 Å². The predicted octanol–water partition coefficient (Wildman–Crippen LogP) is 6.25. The van der Waals surface area contributed by atoms with Crippen LogP contribution in [0, 0.1) is 19.3 Å². The first kappa shape index (κ1) is 24.9. The Hall–Kier alpha value is -1.76. The molecule has 0 aliphatic carbocycles. The number of aryl methyl sites for hydroxylation is 2. The van der Waals surface area contributed by atoms with Gasteiger partial charge in [-0.1, -0.05) is 43.6 Å². The molecule has 32 heavy (non-hydrogen) atoms. The molecular formula is C25H35ClN4OS. The Labute approximate surface area is 202 Å². The van der Waals surface area contributed by atoms with Crippen LogP contribution in [0.3, 0.4) is 0 Å². The molecule has 4 heterocycles. The normalized spacial score (nSPS) is 17.0. The summed E-state index contributed by atoms with van der Waals surface area (Å²) in [6.07, 6.45) is 7.07. The summed E-state index contributed by atoms with van der Waals surface area (Å²) in [5, 5.41) is 5.39. The first-order valence-corrected chi connectivity index (χ1v) is 12.7. The maximum atomic E-state index is 6.63. The van der Waals surface area contributed by atoms with Crippen LogP contribution in [-0.4, -0.2) is 47.2 Å². The van der Waals surface area contributed by atoms with E-state index in [1.165, 1.54) is 19.3 Å². The van der Waals surface area contributed by atoms with E-state index < -0.39 is 0 Å². The number of fused-ring (bicyclic) bond motifs is 1. The molecule has 0 unspecified atom stereocenters. The van der Waals surface area contributed by atoms with E-state index in [1.54, 1.807) is 6.26 Å². The Balaban J connectivity index is 0.000000686. The summed E-state index contributed by atoms with van der Waals surface area (Å²) in [6.45, 7) is 11.9. The lowest BCUT2D eigenvalue weighted by atomic mass is 9.78. The van der Waals surface area contributed by atoms with Gasteiger partial charge in [-0.05, 0) is 56.4 Å². The molecule has 174 valence electrons. The average molecular weight is 475 g/mol. The highest BCUT2D eigenvalue weighted by atomic mass is 35.5. The van der Waals surface area contributed by atoms with Crippen molar-refractivity contribution in [3.63, 3.8) is 0 Å². The van der Waals surface area contributed by atoms with Gasteiger partial charge in [-0.2, -0.15) is 17.7 Å². The van der Waals surface area contributed by atoms with Gasteiger partial charge >= 0.3 is 0 Å². The van der Waals surface area contributed by atoms with Gasteiger partial charge in [0.15, 0.2) is 5.82 Å². The number of rotatable bonds is 2. The number of nitrogens with zero attached hydrogens (tertiary/aromatic N) is 4. The third kappa shape index (κ3) is 4.63. The van der Waals surface area contributed by atoms with Gasteiger partial charge in [-0.15, -0.1) is 0 Å². The zero-order valence-electron chi connectivity index (χ0n) is 19.9. The van der Waals surface area contributed by atoms with Crippen LogP contribution in [0.25, 0.3) is 16.8 Å². The lowest BCUT2D eigenvalue weighted by Crippen LogP contribution is -2.41. The van der Waals surface area contributed by atoms with E-state index in [-0.39, 0.29) is 0 Å². The molecule has 0 saturated carbocycles. The summed E-state index contributed by atoms with van der Waals surface area (Å²) in [7, 11) is 0. The summed E-state index contributed by atoms with van der Waals surface area (Å²) in [5.41, 5.74) is 5.38. The molecule has 2 aliphatic heterocycles. The quantitative estimate of drug-likeness (QED) is 0.446. The van der Waals surface area contributed by atoms with Crippen molar-refractivity contribution < 1.29 is 4.74 Å². The molecule has 5 rings (SSSR count). The van der Waals surface area contributed by atoms with E-state index >= 15 is 0 Å². The second-order valence-electron chi connectivity index (χ2n) is 8.22. The van der Waals surface area contributed by atoms with Gasteiger partial charge in [0, 0.05) is 25.3 Å². The Morgan fingerprint density at radius 2 is 1.78 bits per heavy atom. The zero-order chi connectivity index (χ0) is 23.3. The number of benzene rings is 1. The molecule has 3 aromatic rings. The van der Waals surface area contributed by atoms with Gasteiger partial charge < -0.3 is 9.64 Å². The van der Waals surface area contributed by atoms with Crippen LogP contribution in [0.5, 0.6) is 0 Å². The van der Waals surface area contributed by atoms with E-state index in [0.29, 0.717) is 5.41 Å². The molecule has 0 radical (unpaired) electrons. The Kier molecular flexibility index (Phi) is 8.48. The highest BCUT2D eigenvalue weighted by Crippen LogP contribution is 2.41. The van der Waals surface area contributed by atoms with Crippen molar-refractivity contribution in [2.24, 2.45) is 5.41 Å². The number of ether oxygens (including phenoxy) is 1. The number of aromatic nitrogens is 3. The van der Waals surface area contributed by atoms with Crippen LogP contribution in [0.1, 0.15) is 44.4 Å². The van der Waals surface area contributed by atoms with Gasteiger partial charge in [0.05, 0.1) is 29.2 Å². The molecule has 1 spiro atoms. The summed E-state index contributed by atoms with van der Waals surface area (Å²) in [5.74, 6) is 1.02. The van der Waals surface area contributed by atoms with Crippen molar-refractivity contribution in [2.45, 2.75) is 47.0 Å². The van der Waals surface area contributed by atoms with Crippen LogP contribution in [-0.2, 0) is 4.74 Å². The summed E-state index contributed by atoms with van der Waals surface area (Å²) in [6, 6.07) is 8.16. The second kappa shape index (κ2) is 10.9. The molecule has 7 heteroatoms. The van der Waals surface area contributed by atoms with Crippen LogP contribution in [0.15, 0.2) is 30.5 Å². The number of piperidine rings is 1. The second-order valence-corrected chi connectivity index (χ2v) is 8.60. The highest BCUT2D eigenvalue weighted by molar-refractivity contribution is 7.79. The van der Waals surface area contributed by atoms with Crippen molar-refractivity contribution in [3.8, 4) is 11.3 Å². The van der Waals surface area contributed by atoms with Crippen LogP contribution < -0.4 is 4.90 Å². The molecule has 0 amide bonds. The first-order valence-electron chi connectivity index (χ1n) is 11.5. The standard InChI is InChI=1S/C22H25ClN4O.C2H6.CH4S/c1-15-4-3-5-17(19(15)23)20-16(2)25-21(18-6-10-24-27(18)20)26-11-7-22(8-12-26)9-13-28-14-22;2*1-2/h3-6,10H,7-9,11-14H2,1-2H3;1-2H3;2H,1H3. The molecule has 1 aromatic carbocycles. The minimum atomic E-state index is 0.386. The molecule has 2 aromatic heterocycles. The maximum Gasteiger partial charge on any atom is 0.155 e. The lowest BCUT2D eigenvalue weighted by molar-refractivity contribution is 0.133. The van der Waals surface area contributed by atoms with Crippen molar-refractivity contribution >= 4 is 35.6 Å². The van der Waals surface area contributed by atoms with Gasteiger partial charge in [-0.25, -0.2) is 9.50 Å². The fourth-order valence-electron chi connectivity index (χ4n) is 4.68. The first-order chi connectivity index (χ1) is 15.6. The molecule has 0 atom stereocenters. The summed E-state index contributed by atoms with van der Waals surface area (Å²) in [4.78, 5) is 7.45. The van der Waals surface area contributed by atoms with Crippen LogP contribution in [0.2, 0.25) is 5.02 Å². The fourth-order valence-corrected chi connectivity index (χ4v) is 4.90. The van der Waals surface area contributed by atoms with E-state index in [2.05, 4.69) is 35.6 Å². The van der Waals surface area contributed by atoms with Gasteiger partial charge in [-0.3, -0.25) is 0 Å². The average Bonchev–Trinajstić information content (AvgIpc) is 3.49. The largest absolute Gasteiger partial charge is 0.381 e. The van der Waals surface area contributed by atoms with E-state index in [0.717, 1.165) is 65.2 Å². The molecule has 2 aliphatic rings. The SMILES string of the molecule is CC.CS.Cc1cccc(-c2c(C)nc(N3CCC4(CCOC4)CC3)c3ccnn23)c1Cl. The number of halogens is 1. The van der Waals surface area contributed by atoms with Crippen molar-refractivity contribution in [1.29, 1.82) is 0 Å². The van der Waals surface area contributed by atoms with Crippen molar-refractivity contribution in [1.82, 2.24) is 14.6 Å². The minimum absolute atomic E-state index is 0.386. The number of hydrogen-bond donors (Lipinski definition) is 1. The number of hydrogen-bond acceptors (Lipinski definition) is 5. The topological polar surface area (TPSA) is 42.7 Å².